The van der Waals surface area contributed by atoms with Gasteiger partial charge in [-0.2, -0.15) is 0 Å². The van der Waals surface area contributed by atoms with E-state index in [1.165, 1.54) is 101 Å². The van der Waals surface area contributed by atoms with Gasteiger partial charge in [0.25, 0.3) is 0 Å². The first-order valence-corrected chi connectivity index (χ1v) is 15.6. The third kappa shape index (κ3) is 18.7. The molecule has 0 saturated heterocycles. The van der Waals surface area contributed by atoms with E-state index in [1.807, 2.05) is 0 Å². The molecule has 36 heavy (non-hydrogen) atoms. The van der Waals surface area contributed by atoms with Crippen LogP contribution in [-0.2, 0) is 0 Å². The second-order valence-corrected chi connectivity index (χ2v) is 16.3. The zero-order valence-electron chi connectivity index (χ0n) is 27.5. The smallest absolute Gasteiger partial charge is 0.0297 e. The third-order valence-electron chi connectivity index (χ3n) is 8.73. The summed E-state index contributed by atoms with van der Waals surface area (Å²) in [5, 5.41) is 0. The minimum Gasteiger partial charge on any atom is -0.100 e. The SMILES string of the molecule is C=C(C)CCCC(C)(C)CC(C)(C)CCC(C)CCCC(C)(C)CC(C)(C)CCC(=C)CC(C)CC. The molecule has 0 N–H and O–H groups in total. The molecular formula is C36H70. The van der Waals surface area contributed by atoms with Gasteiger partial charge in [-0.05, 0) is 105 Å². The Morgan fingerprint density at radius 2 is 1.08 bits per heavy atom. The van der Waals surface area contributed by atoms with Crippen LogP contribution in [0.2, 0.25) is 0 Å². The summed E-state index contributed by atoms with van der Waals surface area (Å²) in [5.41, 5.74) is 4.47. The van der Waals surface area contributed by atoms with E-state index in [0.717, 1.165) is 11.8 Å². The third-order valence-corrected chi connectivity index (χ3v) is 8.73. The normalized spacial score (nSPS) is 15.1. The van der Waals surface area contributed by atoms with Crippen molar-refractivity contribution in [1.29, 1.82) is 0 Å². The Morgan fingerprint density at radius 3 is 1.58 bits per heavy atom. The van der Waals surface area contributed by atoms with Gasteiger partial charge in [0.2, 0.25) is 0 Å². The fourth-order valence-electron chi connectivity index (χ4n) is 6.78. The number of hydrogen-bond acceptors (Lipinski definition) is 0. The predicted molar refractivity (Wildman–Crippen MR) is 168 cm³/mol. The van der Waals surface area contributed by atoms with Crippen LogP contribution in [-0.4, -0.2) is 0 Å². The Bertz CT molecular complexity index is 626. The maximum atomic E-state index is 4.38. The standard InChI is InChI=1S/C36H70/c1-15-30(4)26-32(6)21-25-36(13,14)28-34(9,10)23-17-19-31(5)20-24-35(11,12)27-33(7,8)22-16-18-29(2)3/h30-31H,2,6,15-28H2,1,3-5,7-14H3. The second kappa shape index (κ2) is 15.8. The van der Waals surface area contributed by atoms with E-state index in [2.05, 4.69) is 96.2 Å². The molecule has 0 bridgehead atoms. The summed E-state index contributed by atoms with van der Waals surface area (Å²) in [4.78, 5) is 0. The Hall–Kier alpha value is -0.520. The van der Waals surface area contributed by atoms with Crippen LogP contribution >= 0.6 is 0 Å². The highest BCUT2D eigenvalue weighted by Crippen LogP contribution is 2.43. The van der Waals surface area contributed by atoms with E-state index in [9.17, 15) is 0 Å². The summed E-state index contributed by atoms with van der Waals surface area (Å²) >= 11 is 0. The average Bonchev–Trinajstić information content (AvgIpc) is 2.68. The van der Waals surface area contributed by atoms with Crippen molar-refractivity contribution in [1.82, 2.24) is 0 Å². The summed E-state index contributed by atoms with van der Waals surface area (Å²) in [6.45, 7) is 37.7. The van der Waals surface area contributed by atoms with E-state index in [0.29, 0.717) is 21.7 Å². The van der Waals surface area contributed by atoms with Gasteiger partial charge in [-0.25, -0.2) is 0 Å². The summed E-state index contributed by atoms with van der Waals surface area (Å²) in [6, 6.07) is 0. The van der Waals surface area contributed by atoms with Crippen LogP contribution in [0.25, 0.3) is 0 Å². The van der Waals surface area contributed by atoms with Crippen molar-refractivity contribution in [2.24, 2.45) is 33.5 Å². The second-order valence-electron chi connectivity index (χ2n) is 16.3. The van der Waals surface area contributed by atoms with Crippen molar-refractivity contribution in [2.75, 3.05) is 0 Å². The fraction of sp³-hybridized carbons (Fsp3) is 0.889. The molecule has 2 atom stereocenters. The Morgan fingerprint density at radius 1 is 0.611 bits per heavy atom. The molecule has 0 rings (SSSR count). The van der Waals surface area contributed by atoms with Gasteiger partial charge in [0.1, 0.15) is 0 Å². The maximum absolute atomic E-state index is 4.38. The van der Waals surface area contributed by atoms with Crippen LogP contribution in [0, 0.1) is 33.5 Å². The first-order valence-electron chi connectivity index (χ1n) is 15.6. The van der Waals surface area contributed by atoms with Crippen molar-refractivity contribution in [3.63, 3.8) is 0 Å². The van der Waals surface area contributed by atoms with Gasteiger partial charge in [0.15, 0.2) is 0 Å². The molecule has 0 heteroatoms. The number of hydrogen-bond donors (Lipinski definition) is 0. The van der Waals surface area contributed by atoms with E-state index in [4.69, 9.17) is 0 Å². The quantitative estimate of drug-likeness (QED) is 0.137. The van der Waals surface area contributed by atoms with Crippen LogP contribution in [0.4, 0.5) is 0 Å². The molecule has 0 aliphatic rings. The highest BCUT2D eigenvalue weighted by molar-refractivity contribution is 4.97. The number of rotatable bonds is 21. The van der Waals surface area contributed by atoms with Crippen LogP contribution in [0.15, 0.2) is 24.3 Å². The molecule has 0 aromatic heterocycles. The fourth-order valence-corrected chi connectivity index (χ4v) is 6.78. The minimum atomic E-state index is 0.398. The summed E-state index contributed by atoms with van der Waals surface area (Å²) in [5.74, 6) is 1.62. The molecule has 0 radical (unpaired) electrons. The zero-order valence-corrected chi connectivity index (χ0v) is 27.5. The predicted octanol–water partition coefficient (Wildman–Crippen LogP) is 13.0. The molecule has 0 nitrogen and oxygen atoms in total. The van der Waals surface area contributed by atoms with Crippen LogP contribution in [0.5, 0.6) is 0 Å². The summed E-state index contributed by atoms with van der Waals surface area (Å²) in [7, 11) is 0. The first kappa shape index (κ1) is 35.5. The lowest BCUT2D eigenvalue weighted by molar-refractivity contribution is 0.153. The van der Waals surface area contributed by atoms with Crippen molar-refractivity contribution < 1.29 is 0 Å². The molecule has 214 valence electrons. The molecule has 0 aromatic rings. The largest absolute Gasteiger partial charge is 0.100 e. The lowest BCUT2D eigenvalue weighted by Gasteiger charge is -2.36. The van der Waals surface area contributed by atoms with E-state index >= 15 is 0 Å². The van der Waals surface area contributed by atoms with E-state index in [-0.39, 0.29) is 0 Å². The van der Waals surface area contributed by atoms with Crippen molar-refractivity contribution in [2.45, 2.75) is 173 Å². The van der Waals surface area contributed by atoms with Crippen LogP contribution in [0.1, 0.15) is 173 Å². The molecule has 0 heterocycles. The summed E-state index contributed by atoms with van der Waals surface area (Å²) < 4.78 is 0. The van der Waals surface area contributed by atoms with Crippen LogP contribution < -0.4 is 0 Å². The van der Waals surface area contributed by atoms with Crippen molar-refractivity contribution in [3.05, 3.63) is 24.3 Å². The Kier molecular flexibility index (Phi) is 15.6. The van der Waals surface area contributed by atoms with Gasteiger partial charge >= 0.3 is 0 Å². The Labute approximate surface area is 230 Å². The highest BCUT2D eigenvalue weighted by atomic mass is 14.4. The molecule has 2 unspecified atom stereocenters. The lowest BCUT2D eigenvalue weighted by Crippen LogP contribution is -2.24. The van der Waals surface area contributed by atoms with Gasteiger partial charge in [-0.3, -0.25) is 0 Å². The van der Waals surface area contributed by atoms with Gasteiger partial charge < -0.3 is 0 Å². The van der Waals surface area contributed by atoms with Gasteiger partial charge in [0.05, 0.1) is 0 Å². The van der Waals surface area contributed by atoms with E-state index in [1.54, 1.807) is 0 Å². The van der Waals surface area contributed by atoms with Gasteiger partial charge in [0, 0.05) is 0 Å². The molecule has 0 saturated carbocycles. The topological polar surface area (TPSA) is 0 Å². The molecule has 0 fully saturated rings. The summed E-state index contributed by atoms with van der Waals surface area (Å²) in [6.07, 6.45) is 18.2. The van der Waals surface area contributed by atoms with Crippen molar-refractivity contribution >= 4 is 0 Å². The van der Waals surface area contributed by atoms with Gasteiger partial charge in [-0.1, -0.05) is 120 Å². The molecule has 0 aliphatic heterocycles. The zero-order chi connectivity index (χ0) is 28.2. The molecule has 0 aromatic carbocycles. The maximum Gasteiger partial charge on any atom is -0.0297 e. The monoisotopic (exact) mass is 503 g/mol. The molecule has 0 amide bonds. The van der Waals surface area contributed by atoms with Gasteiger partial charge in [-0.15, -0.1) is 6.58 Å². The Balaban J connectivity index is 4.42. The van der Waals surface area contributed by atoms with E-state index < -0.39 is 0 Å². The molecule has 0 spiro atoms. The average molecular weight is 503 g/mol. The van der Waals surface area contributed by atoms with Crippen LogP contribution in [0.3, 0.4) is 0 Å². The molecule has 0 aliphatic carbocycles. The van der Waals surface area contributed by atoms with Crippen molar-refractivity contribution in [3.8, 4) is 0 Å². The highest BCUT2D eigenvalue weighted by Gasteiger charge is 2.30. The number of allylic oxidation sites excluding steroid dienone is 2. The molecular weight excluding hydrogens is 432 g/mol. The first-order chi connectivity index (χ1) is 16.3. The minimum absolute atomic E-state index is 0.398. The lowest BCUT2D eigenvalue weighted by atomic mass is 9.69.